The molecule has 24 heavy (non-hydrogen) atoms. The number of unbranched alkanes of at least 4 members (excludes halogenated alkanes) is 1. The number of rotatable bonds is 9. The van der Waals surface area contributed by atoms with Crippen LogP contribution in [0.15, 0.2) is 29.4 Å². The van der Waals surface area contributed by atoms with Crippen molar-refractivity contribution in [2.75, 3.05) is 19.5 Å². The molecule has 0 amide bonds. The number of hydrogen-bond donors (Lipinski definition) is 0. The van der Waals surface area contributed by atoms with Crippen LogP contribution in [0.1, 0.15) is 37.8 Å². The number of ether oxygens (including phenoxy) is 2. The Morgan fingerprint density at radius 1 is 1.08 bits per heavy atom. The maximum Gasteiger partial charge on any atom is 0.222 e. The molecule has 2 aromatic rings. The van der Waals surface area contributed by atoms with E-state index in [2.05, 4.69) is 16.9 Å². The summed E-state index contributed by atoms with van der Waals surface area (Å²) in [6.45, 7) is 5.37. The predicted molar refractivity (Wildman–Crippen MR) is 99.6 cm³/mol. The Balaban J connectivity index is 2.15. The van der Waals surface area contributed by atoms with Crippen LogP contribution in [0.5, 0.6) is 11.6 Å². The third-order valence-corrected chi connectivity index (χ3v) is 4.29. The van der Waals surface area contributed by atoms with Crippen LogP contribution in [-0.2, 0) is 6.42 Å². The molecule has 130 valence electrons. The van der Waals surface area contributed by atoms with Crippen LogP contribution in [0.4, 0.5) is 0 Å². The molecule has 0 saturated heterocycles. The maximum atomic E-state index is 6.35. The van der Waals surface area contributed by atoms with Gasteiger partial charge in [-0.2, -0.15) is 4.98 Å². The Labute approximate surface area is 153 Å². The molecule has 0 aliphatic rings. The zero-order valence-corrected chi connectivity index (χ0v) is 15.9. The predicted octanol–water partition coefficient (Wildman–Crippen LogP) is 5.02. The largest absolute Gasteiger partial charge is 0.494 e. The molecule has 1 heterocycles. The molecule has 4 nitrogen and oxygen atoms in total. The highest BCUT2D eigenvalue weighted by atomic mass is 35.5. The van der Waals surface area contributed by atoms with Gasteiger partial charge in [-0.15, -0.1) is 0 Å². The normalized spacial score (nSPS) is 10.7. The average molecular weight is 367 g/mol. The van der Waals surface area contributed by atoms with E-state index in [1.165, 1.54) is 11.8 Å². The Morgan fingerprint density at radius 3 is 2.46 bits per heavy atom. The van der Waals surface area contributed by atoms with Gasteiger partial charge in [0.25, 0.3) is 0 Å². The quantitative estimate of drug-likeness (QED) is 0.270. The summed E-state index contributed by atoms with van der Waals surface area (Å²) in [6.07, 6.45) is 4.73. The molecule has 2 rings (SSSR count). The molecule has 0 fully saturated rings. The standard InChI is InChI=1S/C18H23ClN2O2S/c1-4-6-11-23-14-9-7-13(8-10-14)12-15-16(19)20-18(24-3)21-17(15)22-5-2/h7-10H,4-6,11-12H2,1-3H3. The smallest absolute Gasteiger partial charge is 0.222 e. The minimum atomic E-state index is 0.445. The van der Waals surface area contributed by atoms with Crippen molar-refractivity contribution in [3.05, 3.63) is 40.5 Å². The van der Waals surface area contributed by atoms with Gasteiger partial charge in [0.2, 0.25) is 5.88 Å². The summed E-state index contributed by atoms with van der Waals surface area (Å²) in [5, 5.41) is 1.06. The third kappa shape index (κ3) is 5.28. The number of hydrogen-bond acceptors (Lipinski definition) is 5. The highest BCUT2D eigenvalue weighted by Crippen LogP contribution is 2.29. The van der Waals surface area contributed by atoms with Gasteiger partial charge in [-0.25, -0.2) is 4.98 Å². The highest BCUT2D eigenvalue weighted by molar-refractivity contribution is 7.98. The first-order valence-corrected chi connectivity index (χ1v) is 9.73. The van der Waals surface area contributed by atoms with Crippen LogP contribution in [0.25, 0.3) is 0 Å². The Hall–Kier alpha value is -1.46. The van der Waals surface area contributed by atoms with E-state index in [4.69, 9.17) is 21.1 Å². The second kappa shape index (κ2) is 9.74. The zero-order chi connectivity index (χ0) is 17.4. The number of benzene rings is 1. The van der Waals surface area contributed by atoms with Crippen molar-refractivity contribution in [3.8, 4) is 11.6 Å². The lowest BCUT2D eigenvalue weighted by Gasteiger charge is -2.12. The summed E-state index contributed by atoms with van der Waals surface area (Å²) in [6, 6.07) is 8.04. The number of halogens is 1. The minimum absolute atomic E-state index is 0.445. The first-order chi connectivity index (χ1) is 11.7. The molecule has 6 heteroatoms. The molecular formula is C18H23ClN2O2S. The van der Waals surface area contributed by atoms with Crippen LogP contribution in [0.2, 0.25) is 5.15 Å². The van der Waals surface area contributed by atoms with Crippen LogP contribution in [0, 0.1) is 0 Å². The fourth-order valence-electron chi connectivity index (χ4n) is 2.16. The fourth-order valence-corrected chi connectivity index (χ4v) is 2.79. The monoisotopic (exact) mass is 366 g/mol. The molecule has 1 aromatic carbocycles. The molecule has 0 spiro atoms. The molecule has 0 radical (unpaired) electrons. The Bertz CT molecular complexity index is 650. The molecule has 0 bridgehead atoms. The van der Waals surface area contributed by atoms with Crippen LogP contribution < -0.4 is 9.47 Å². The van der Waals surface area contributed by atoms with Gasteiger partial charge in [-0.3, -0.25) is 0 Å². The van der Waals surface area contributed by atoms with Gasteiger partial charge in [0, 0.05) is 6.42 Å². The number of thioether (sulfide) groups is 1. The molecule has 0 N–H and O–H groups in total. The number of nitrogens with zero attached hydrogens (tertiary/aromatic N) is 2. The first kappa shape index (κ1) is 18.9. The van der Waals surface area contributed by atoms with Gasteiger partial charge in [0.15, 0.2) is 5.16 Å². The summed E-state index contributed by atoms with van der Waals surface area (Å²) in [5.41, 5.74) is 1.93. The van der Waals surface area contributed by atoms with E-state index in [0.29, 0.717) is 29.2 Å². The molecule has 0 saturated carbocycles. The van der Waals surface area contributed by atoms with Crippen molar-refractivity contribution >= 4 is 23.4 Å². The van der Waals surface area contributed by atoms with E-state index in [9.17, 15) is 0 Å². The first-order valence-electron chi connectivity index (χ1n) is 8.12. The van der Waals surface area contributed by atoms with Crippen LogP contribution in [0.3, 0.4) is 0 Å². The van der Waals surface area contributed by atoms with Gasteiger partial charge in [-0.1, -0.05) is 48.8 Å². The highest BCUT2D eigenvalue weighted by Gasteiger charge is 2.15. The Morgan fingerprint density at radius 2 is 1.83 bits per heavy atom. The van der Waals surface area contributed by atoms with Gasteiger partial charge in [0.1, 0.15) is 10.9 Å². The van der Waals surface area contributed by atoms with Crippen LogP contribution >= 0.6 is 23.4 Å². The van der Waals surface area contributed by atoms with Gasteiger partial charge >= 0.3 is 0 Å². The van der Waals surface area contributed by atoms with Crippen LogP contribution in [-0.4, -0.2) is 29.4 Å². The molecule has 0 unspecified atom stereocenters. The summed E-state index contributed by atoms with van der Waals surface area (Å²) < 4.78 is 11.3. The summed E-state index contributed by atoms with van der Waals surface area (Å²) >= 11 is 7.79. The number of aromatic nitrogens is 2. The average Bonchev–Trinajstić information content (AvgIpc) is 2.59. The Kier molecular flexibility index (Phi) is 7.66. The van der Waals surface area contributed by atoms with Gasteiger partial charge in [-0.05, 0) is 37.3 Å². The van der Waals surface area contributed by atoms with Gasteiger partial charge < -0.3 is 9.47 Å². The SMILES string of the molecule is CCCCOc1ccc(Cc2c(Cl)nc(SC)nc2OCC)cc1. The van der Waals surface area contributed by atoms with Crippen molar-refractivity contribution in [1.82, 2.24) is 9.97 Å². The molecule has 0 aliphatic heterocycles. The van der Waals surface area contributed by atoms with Crippen molar-refractivity contribution in [2.24, 2.45) is 0 Å². The molecule has 0 aliphatic carbocycles. The maximum absolute atomic E-state index is 6.35. The van der Waals surface area contributed by atoms with E-state index in [1.807, 2.05) is 37.4 Å². The lowest BCUT2D eigenvalue weighted by molar-refractivity contribution is 0.309. The lowest BCUT2D eigenvalue weighted by atomic mass is 10.1. The lowest BCUT2D eigenvalue weighted by Crippen LogP contribution is -2.04. The van der Waals surface area contributed by atoms with Crippen molar-refractivity contribution in [3.63, 3.8) is 0 Å². The van der Waals surface area contributed by atoms with E-state index in [-0.39, 0.29) is 0 Å². The van der Waals surface area contributed by atoms with Crippen molar-refractivity contribution in [1.29, 1.82) is 0 Å². The topological polar surface area (TPSA) is 44.2 Å². The third-order valence-electron chi connectivity index (χ3n) is 3.43. The van der Waals surface area contributed by atoms with E-state index < -0.39 is 0 Å². The van der Waals surface area contributed by atoms with Crippen molar-refractivity contribution in [2.45, 2.75) is 38.3 Å². The molecule has 0 atom stereocenters. The molecular weight excluding hydrogens is 344 g/mol. The zero-order valence-electron chi connectivity index (χ0n) is 14.3. The summed E-state index contributed by atoms with van der Waals surface area (Å²) in [7, 11) is 0. The summed E-state index contributed by atoms with van der Waals surface area (Å²) in [5.74, 6) is 1.45. The summed E-state index contributed by atoms with van der Waals surface area (Å²) in [4.78, 5) is 8.74. The van der Waals surface area contributed by atoms with Crippen molar-refractivity contribution < 1.29 is 9.47 Å². The second-order valence-corrected chi connectivity index (χ2v) is 6.37. The fraction of sp³-hybridized carbons (Fsp3) is 0.444. The molecule has 1 aromatic heterocycles. The van der Waals surface area contributed by atoms with Gasteiger partial charge in [0.05, 0.1) is 18.8 Å². The second-order valence-electron chi connectivity index (χ2n) is 5.24. The van der Waals surface area contributed by atoms with E-state index >= 15 is 0 Å². The minimum Gasteiger partial charge on any atom is -0.494 e. The van der Waals surface area contributed by atoms with E-state index in [0.717, 1.165) is 36.3 Å². The van der Waals surface area contributed by atoms with E-state index in [1.54, 1.807) is 0 Å².